The van der Waals surface area contributed by atoms with E-state index in [4.69, 9.17) is 0 Å². The zero-order valence-corrected chi connectivity index (χ0v) is 16.9. The zero-order valence-electron chi connectivity index (χ0n) is 16.9. The fraction of sp³-hybridized carbons (Fsp3) is 0.739. The molecule has 4 aliphatic carbocycles. The van der Waals surface area contributed by atoms with Crippen molar-refractivity contribution in [3.8, 4) is 0 Å². The van der Waals surface area contributed by atoms with Crippen molar-refractivity contribution in [2.45, 2.75) is 72.8 Å². The van der Waals surface area contributed by atoms with Crippen molar-refractivity contribution in [3.63, 3.8) is 0 Å². The van der Waals surface area contributed by atoms with Crippen LogP contribution in [-0.4, -0.2) is 22.8 Å². The number of Topliss-reactive ketones (excluding diaryl/α,β-unsaturated/α-hetero) is 1. The number of carbonyl (C=O) groups is 2. The van der Waals surface area contributed by atoms with E-state index in [2.05, 4.69) is 13.8 Å². The van der Waals surface area contributed by atoms with Gasteiger partial charge in [-0.05, 0) is 68.4 Å². The van der Waals surface area contributed by atoms with Gasteiger partial charge in [0.15, 0.2) is 5.78 Å². The molecule has 0 bridgehead atoms. The minimum absolute atomic E-state index is 0.0573. The van der Waals surface area contributed by atoms with Crippen molar-refractivity contribution >= 4 is 11.6 Å². The van der Waals surface area contributed by atoms with Crippen LogP contribution >= 0.6 is 0 Å². The number of ketones is 2. The number of aliphatic hydroxyl groups excluding tert-OH is 1. The Morgan fingerprint density at radius 3 is 2.54 bits per heavy atom. The lowest BCUT2D eigenvalue weighted by Crippen LogP contribution is -2.56. The van der Waals surface area contributed by atoms with E-state index in [9.17, 15) is 14.7 Å². The van der Waals surface area contributed by atoms with Crippen LogP contribution in [0.5, 0.6) is 0 Å². The van der Waals surface area contributed by atoms with Crippen molar-refractivity contribution in [3.05, 3.63) is 23.8 Å². The van der Waals surface area contributed by atoms with Gasteiger partial charge >= 0.3 is 0 Å². The molecule has 3 heteroatoms. The van der Waals surface area contributed by atoms with Crippen LogP contribution in [0.25, 0.3) is 0 Å². The Bertz CT molecular complexity index is 660. The molecule has 144 valence electrons. The molecule has 3 saturated carbocycles. The summed E-state index contributed by atoms with van der Waals surface area (Å²) in [6, 6.07) is 0. The molecule has 0 aromatic heterocycles. The van der Waals surface area contributed by atoms with Gasteiger partial charge in [0.1, 0.15) is 5.78 Å². The molecule has 4 aliphatic rings. The molecule has 0 aliphatic heterocycles. The lowest BCUT2D eigenvalue weighted by atomic mass is 9.46. The van der Waals surface area contributed by atoms with E-state index < -0.39 is 6.10 Å². The highest BCUT2D eigenvalue weighted by Crippen LogP contribution is 2.65. The van der Waals surface area contributed by atoms with E-state index in [-0.39, 0.29) is 34.2 Å². The lowest BCUT2D eigenvalue weighted by Gasteiger charge is -2.58. The van der Waals surface area contributed by atoms with E-state index >= 15 is 0 Å². The highest BCUT2D eigenvalue weighted by molar-refractivity contribution is 6.01. The Kier molecular flexibility index (Phi) is 5.07. The van der Waals surface area contributed by atoms with E-state index in [1.165, 1.54) is 5.57 Å². The summed E-state index contributed by atoms with van der Waals surface area (Å²) in [7, 11) is 0. The molecule has 0 amide bonds. The molecule has 0 radical (unpaired) electrons. The second kappa shape index (κ2) is 6.74. The number of allylic oxidation sites excluding steroid dienone is 4. The first kappa shape index (κ1) is 19.5. The summed E-state index contributed by atoms with van der Waals surface area (Å²) in [6.45, 7) is 10.2. The van der Waals surface area contributed by atoms with Crippen LogP contribution in [0.1, 0.15) is 66.7 Å². The second-order valence-corrected chi connectivity index (χ2v) is 9.04. The van der Waals surface area contributed by atoms with Crippen LogP contribution < -0.4 is 0 Å². The summed E-state index contributed by atoms with van der Waals surface area (Å²) >= 11 is 0. The highest BCUT2D eigenvalue weighted by atomic mass is 16.3. The Morgan fingerprint density at radius 2 is 1.88 bits per heavy atom. The molecule has 1 N–H and O–H groups in total. The van der Waals surface area contributed by atoms with E-state index in [1.54, 1.807) is 19.1 Å². The Balaban J connectivity index is 0.000000948. The number of carbonyl (C=O) groups excluding carboxylic acids is 2. The molecular formula is C23H34O3. The van der Waals surface area contributed by atoms with Gasteiger partial charge in [-0.15, -0.1) is 0 Å². The van der Waals surface area contributed by atoms with Gasteiger partial charge < -0.3 is 5.11 Å². The van der Waals surface area contributed by atoms with E-state index in [0.717, 1.165) is 25.7 Å². The van der Waals surface area contributed by atoms with E-state index in [1.807, 2.05) is 19.9 Å². The fourth-order valence-electron chi connectivity index (χ4n) is 6.99. The number of rotatable bonds is 1. The first-order chi connectivity index (χ1) is 12.3. The standard InChI is InChI=1S/C21H28O3.C2H6/c1-12(22)16-6-7-17-15-5-4-13-10-14(23)8-9-20(13,2)19(15)18(24)11-21(16,17)3;1-2/h8-10,15-19,24H,4-7,11H2,1-3H3;1-2H3. The molecule has 0 heterocycles. The number of aliphatic hydroxyl groups is 1. The molecule has 3 fully saturated rings. The molecule has 0 aromatic carbocycles. The number of fused-ring (bicyclic) bond motifs is 5. The lowest BCUT2D eigenvalue weighted by molar-refractivity contribution is -0.137. The van der Waals surface area contributed by atoms with Crippen molar-refractivity contribution < 1.29 is 14.7 Å². The third-order valence-corrected chi connectivity index (χ3v) is 7.98. The molecular weight excluding hydrogens is 324 g/mol. The quantitative estimate of drug-likeness (QED) is 0.751. The smallest absolute Gasteiger partial charge is 0.178 e. The average molecular weight is 359 g/mol. The van der Waals surface area contributed by atoms with Crippen LogP contribution in [0.3, 0.4) is 0 Å². The molecule has 7 atom stereocenters. The summed E-state index contributed by atoms with van der Waals surface area (Å²) in [5, 5.41) is 11.1. The maximum atomic E-state index is 12.2. The number of hydrogen-bond donors (Lipinski definition) is 1. The van der Waals surface area contributed by atoms with Crippen LogP contribution in [0, 0.1) is 34.5 Å². The molecule has 0 spiro atoms. The monoisotopic (exact) mass is 358 g/mol. The minimum Gasteiger partial charge on any atom is -0.393 e. The third kappa shape index (κ3) is 2.66. The van der Waals surface area contributed by atoms with E-state index in [0.29, 0.717) is 18.3 Å². The maximum Gasteiger partial charge on any atom is 0.178 e. The fourth-order valence-corrected chi connectivity index (χ4v) is 6.99. The maximum absolute atomic E-state index is 12.2. The predicted octanol–water partition coefficient (Wildman–Crippen LogP) is 4.50. The molecule has 3 nitrogen and oxygen atoms in total. The van der Waals surface area contributed by atoms with Crippen LogP contribution in [0.2, 0.25) is 0 Å². The van der Waals surface area contributed by atoms with Gasteiger partial charge in [0, 0.05) is 17.3 Å². The van der Waals surface area contributed by atoms with Crippen molar-refractivity contribution in [2.24, 2.45) is 34.5 Å². The molecule has 0 aromatic rings. The largest absolute Gasteiger partial charge is 0.393 e. The molecule has 26 heavy (non-hydrogen) atoms. The van der Waals surface area contributed by atoms with Crippen molar-refractivity contribution in [1.82, 2.24) is 0 Å². The van der Waals surface area contributed by atoms with Crippen LogP contribution in [0.4, 0.5) is 0 Å². The van der Waals surface area contributed by atoms with Gasteiger partial charge in [-0.3, -0.25) is 9.59 Å². The van der Waals surface area contributed by atoms with Gasteiger partial charge in [0.05, 0.1) is 6.10 Å². The SMILES string of the molecule is CC.CC(=O)C1CCC2C3CCC4=CC(=O)C=CC4(C)C3C(O)CC12C. The van der Waals surface area contributed by atoms with Gasteiger partial charge in [-0.2, -0.15) is 0 Å². The predicted molar refractivity (Wildman–Crippen MR) is 104 cm³/mol. The van der Waals surface area contributed by atoms with Crippen molar-refractivity contribution in [2.75, 3.05) is 0 Å². The van der Waals surface area contributed by atoms with Crippen LogP contribution in [-0.2, 0) is 9.59 Å². The van der Waals surface area contributed by atoms with Gasteiger partial charge in [0.2, 0.25) is 0 Å². The molecule has 4 rings (SSSR count). The average Bonchev–Trinajstić information content (AvgIpc) is 2.93. The second-order valence-electron chi connectivity index (χ2n) is 9.04. The Hall–Kier alpha value is -1.22. The minimum atomic E-state index is -0.400. The molecule has 7 unspecified atom stereocenters. The Morgan fingerprint density at radius 1 is 1.19 bits per heavy atom. The number of hydrogen-bond acceptors (Lipinski definition) is 3. The topological polar surface area (TPSA) is 54.4 Å². The normalized spacial score (nSPS) is 46.3. The first-order valence-electron chi connectivity index (χ1n) is 10.4. The summed E-state index contributed by atoms with van der Waals surface area (Å²) < 4.78 is 0. The zero-order chi connectivity index (χ0) is 19.3. The summed E-state index contributed by atoms with van der Waals surface area (Å²) in [5.74, 6) is 1.61. The van der Waals surface area contributed by atoms with Gasteiger partial charge in [-0.1, -0.05) is 39.3 Å². The Labute approximate surface area is 157 Å². The summed E-state index contributed by atoms with van der Waals surface area (Å²) in [6.07, 6.45) is 9.89. The molecule has 0 saturated heterocycles. The summed E-state index contributed by atoms with van der Waals surface area (Å²) in [4.78, 5) is 24.0. The van der Waals surface area contributed by atoms with Gasteiger partial charge in [0.25, 0.3) is 0 Å². The third-order valence-electron chi connectivity index (χ3n) is 7.98. The highest BCUT2D eigenvalue weighted by Gasteiger charge is 2.62. The summed E-state index contributed by atoms with van der Waals surface area (Å²) in [5.41, 5.74) is 0.935. The first-order valence-corrected chi connectivity index (χ1v) is 10.4. The van der Waals surface area contributed by atoms with Crippen LogP contribution in [0.15, 0.2) is 23.8 Å². The van der Waals surface area contributed by atoms with Gasteiger partial charge in [-0.25, -0.2) is 0 Å². The van der Waals surface area contributed by atoms with Crippen molar-refractivity contribution in [1.29, 1.82) is 0 Å².